The van der Waals surface area contributed by atoms with Crippen LogP contribution in [0.4, 0.5) is 5.69 Å². The molecule has 0 N–H and O–H groups in total. The Hall–Kier alpha value is -1.63. The lowest BCUT2D eigenvalue weighted by Gasteiger charge is -2.24. The first-order valence-corrected chi connectivity index (χ1v) is 5.97. The second-order valence-corrected chi connectivity index (χ2v) is 4.73. The first-order valence-electron chi connectivity index (χ1n) is 5.97. The number of allylic oxidation sites excluding steroid dienone is 1. The third-order valence-corrected chi connectivity index (χ3v) is 3.23. The molecule has 0 amide bonds. The van der Waals surface area contributed by atoms with Crippen molar-refractivity contribution in [2.45, 2.75) is 32.6 Å². The van der Waals surface area contributed by atoms with E-state index >= 15 is 0 Å². The lowest BCUT2D eigenvalue weighted by atomic mass is 9.81. The van der Waals surface area contributed by atoms with Crippen molar-refractivity contribution >= 4 is 18.0 Å². The molecule has 1 rings (SSSR count). The lowest BCUT2D eigenvalue weighted by molar-refractivity contribution is 0.506. The minimum Gasteiger partial charge on any atom is -0.256 e. The van der Waals surface area contributed by atoms with Gasteiger partial charge in [0.25, 0.3) is 0 Å². The zero-order valence-corrected chi connectivity index (χ0v) is 11.0. The highest BCUT2D eigenvalue weighted by atomic mass is 14.7. The molecule has 0 heterocycles. The molecule has 0 aliphatic heterocycles. The monoisotopic (exact) mass is 227 g/mol. The second-order valence-electron chi connectivity index (χ2n) is 4.73. The molecule has 0 spiro atoms. The van der Waals surface area contributed by atoms with E-state index in [9.17, 15) is 0 Å². The van der Waals surface area contributed by atoms with E-state index in [0.717, 1.165) is 17.7 Å². The van der Waals surface area contributed by atoms with E-state index in [4.69, 9.17) is 0 Å². The van der Waals surface area contributed by atoms with Crippen molar-refractivity contribution < 1.29 is 0 Å². The van der Waals surface area contributed by atoms with Gasteiger partial charge in [-0.25, -0.2) is 0 Å². The summed E-state index contributed by atoms with van der Waals surface area (Å²) in [7, 11) is 0. The van der Waals surface area contributed by atoms with E-state index in [0.29, 0.717) is 0 Å². The molecule has 0 unspecified atom stereocenters. The molecule has 0 aliphatic rings. The first-order chi connectivity index (χ1) is 8.05. The molecular weight excluding hydrogens is 206 g/mol. The summed E-state index contributed by atoms with van der Waals surface area (Å²) in [6.07, 6.45) is 6.34. The van der Waals surface area contributed by atoms with Crippen LogP contribution >= 0.6 is 0 Å². The summed E-state index contributed by atoms with van der Waals surface area (Å²) in [6, 6.07) is 6.36. The predicted molar refractivity (Wildman–Crippen MR) is 78.2 cm³/mol. The van der Waals surface area contributed by atoms with Gasteiger partial charge in [-0.1, -0.05) is 52.1 Å². The van der Waals surface area contributed by atoms with Crippen molar-refractivity contribution in [1.29, 1.82) is 0 Å². The molecule has 0 saturated heterocycles. The first kappa shape index (κ1) is 13.4. The van der Waals surface area contributed by atoms with Crippen molar-refractivity contribution in [2.75, 3.05) is 0 Å². The average Bonchev–Trinajstić information content (AvgIpc) is 2.35. The minimum atomic E-state index is 0.193. The molecule has 17 heavy (non-hydrogen) atoms. The Morgan fingerprint density at radius 1 is 1.29 bits per heavy atom. The summed E-state index contributed by atoms with van der Waals surface area (Å²) in [4.78, 5) is 4.33. The van der Waals surface area contributed by atoms with Crippen LogP contribution in [-0.4, -0.2) is 6.21 Å². The Morgan fingerprint density at radius 2 is 2.00 bits per heavy atom. The van der Waals surface area contributed by atoms with Crippen LogP contribution in [0, 0.1) is 0 Å². The van der Waals surface area contributed by atoms with Crippen LogP contribution < -0.4 is 0 Å². The fraction of sp³-hybridized carbons (Fsp3) is 0.312. The van der Waals surface area contributed by atoms with Gasteiger partial charge in [0.05, 0.1) is 5.69 Å². The van der Waals surface area contributed by atoms with Crippen molar-refractivity contribution in [3.63, 3.8) is 0 Å². The number of rotatable bonds is 5. The topological polar surface area (TPSA) is 12.4 Å². The summed E-state index contributed by atoms with van der Waals surface area (Å²) < 4.78 is 0. The highest BCUT2D eigenvalue weighted by Gasteiger charge is 2.18. The molecule has 1 nitrogen and oxygen atoms in total. The van der Waals surface area contributed by atoms with Gasteiger partial charge >= 0.3 is 0 Å². The fourth-order valence-electron chi connectivity index (χ4n) is 1.59. The maximum atomic E-state index is 4.33. The second kappa shape index (κ2) is 5.62. The smallest absolute Gasteiger partial charge is 0.0701 e. The van der Waals surface area contributed by atoms with Crippen molar-refractivity contribution in [1.82, 2.24) is 0 Å². The molecule has 1 heteroatoms. The Morgan fingerprint density at radius 3 is 2.53 bits per heavy atom. The van der Waals surface area contributed by atoms with E-state index in [-0.39, 0.29) is 5.41 Å². The van der Waals surface area contributed by atoms with Crippen LogP contribution in [0.5, 0.6) is 0 Å². The van der Waals surface area contributed by atoms with Gasteiger partial charge < -0.3 is 0 Å². The summed E-state index contributed by atoms with van der Waals surface area (Å²) >= 11 is 0. The maximum absolute atomic E-state index is 4.33. The third-order valence-electron chi connectivity index (χ3n) is 3.23. The minimum absolute atomic E-state index is 0.193. The molecule has 0 fully saturated rings. The zero-order valence-electron chi connectivity index (χ0n) is 11.0. The number of aliphatic imine (C=N–C) groups is 1. The van der Waals surface area contributed by atoms with Gasteiger partial charge in [0, 0.05) is 6.21 Å². The van der Waals surface area contributed by atoms with E-state index < -0.39 is 0 Å². The quantitative estimate of drug-likeness (QED) is 0.634. The normalized spacial score (nSPS) is 11.7. The van der Waals surface area contributed by atoms with Gasteiger partial charge in [-0.2, -0.15) is 0 Å². The fourth-order valence-corrected chi connectivity index (χ4v) is 1.59. The number of hydrogen-bond acceptors (Lipinski definition) is 1. The molecule has 1 aromatic carbocycles. The van der Waals surface area contributed by atoms with Gasteiger partial charge in [0.15, 0.2) is 0 Å². The number of nitrogens with zero attached hydrogens (tertiary/aromatic N) is 1. The summed E-state index contributed by atoms with van der Waals surface area (Å²) in [5, 5.41) is 0. The average molecular weight is 227 g/mol. The summed E-state index contributed by atoms with van der Waals surface area (Å²) in [5.41, 5.74) is 3.53. The molecule has 0 aromatic heterocycles. The Bertz CT molecular complexity index is 439. The Balaban J connectivity index is 3.21. The van der Waals surface area contributed by atoms with Gasteiger partial charge in [-0.15, -0.1) is 0 Å². The lowest BCUT2D eigenvalue weighted by Crippen LogP contribution is -2.15. The standard InChI is InChI=1S/C16H21N/c1-6-11-17-15-10-9-14(12-13(15)7-2)16(4,5)8-3/h6-7,9-12H,1-2,8H2,3-5H3/b17-11-. The van der Waals surface area contributed by atoms with E-state index in [1.54, 1.807) is 12.3 Å². The van der Waals surface area contributed by atoms with Crippen LogP contribution in [0.2, 0.25) is 0 Å². The van der Waals surface area contributed by atoms with Crippen LogP contribution in [0.15, 0.2) is 42.4 Å². The molecular formula is C16H21N. The van der Waals surface area contributed by atoms with Gasteiger partial charge in [-0.3, -0.25) is 4.99 Å². The molecule has 0 radical (unpaired) electrons. The molecule has 0 bridgehead atoms. The van der Waals surface area contributed by atoms with Crippen molar-refractivity contribution in [3.05, 3.63) is 48.6 Å². The Kier molecular flexibility index (Phi) is 4.45. The SMILES string of the molecule is C=C/C=N\c1ccc(C(C)(C)CC)cc1C=C. The maximum Gasteiger partial charge on any atom is 0.0701 e. The molecule has 0 atom stereocenters. The van der Waals surface area contributed by atoms with Gasteiger partial charge in [-0.05, 0) is 35.1 Å². The predicted octanol–water partition coefficient (Wildman–Crippen LogP) is 4.91. The third kappa shape index (κ3) is 3.16. The van der Waals surface area contributed by atoms with Crippen molar-refractivity contribution in [2.24, 2.45) is 4.99 Å². The van der Waals surface area contributed by atoms with Crippen molar-refractivity contribution in [3.8, 4) is 0 Å². The van der Waals surface area contributed by atoms with E-state index in [2.05, 4.69) is 51.1 Å². The van der Waals surface area contributed by atoms with E-state index in [1.807, 2.05) is 12.1 Å². The molecule has 1 aromatic rings. The zero-order chi connectivity index (χ0) is 12.9. The highest BCUT2D eigenvalue weighted by molar-refractivity contribution is 5.76. The summed E-state index contributed by atoms with van der Waals surface area (Å²) in [6.45, 7) is 14.2. The molecule has 0 aliphatic carbocycles. The number of benzene rings is 1. The molecule has 0 saturated carbocycles. The van der Waals surface area contributed by atoms with Crippen LogP contribution in [0.1, 0.15) is 38.3 Å². The number of hydrogen-bond donors (Lipinski definition) is 0. The van der Waals surface area contributed by atoms with E-state index in [1.165, 1.54) is 5.56 Å². The van der Waals surface area contributed by atoms with Gasteiger partial charge in [0.2, 0.25) is 0 Å². The largest absolute Gasteiger partial charge is 0.256 e. The summed E-state index contributed by atoms with van der Waals surface area (Å²) in [5.74, 6) is 0. The molecule has 90 valence electrons. The Labute approximate surface area is 105 Å². The van der Waals surface area contributed by atoms with Gasteiger partial charge in [0.1, 0.15) is 0 Å². The van der Waals surface area contributed by atoms with Crippen LogP contribution in [-0.2, 0) is 5.41 Å². The highest BCUT2D eigenvalue weighted by Crippen LogP contribution is 2.31. The van der Waals surface area contributed by atoms with Crippen LogP contribution in [0.25, 0.3) is 6.08 Å². The van der Waals surface area contributed by atoms with Crippen LogP contribution in [0.3, 0.4) is 0 Å².